The molecule has 0 bridgehead atoms. The van der Waals surface area contributed by atoms with E-state index in [1.54, 1.807) is 6.07 Å². The first-order valence-electron chi connectivity index (χ1n) is 7.67. The fraction of sp³-hybridized carbons (Fsp3) is 0.176. The van der Waals surface area contributed by atoms with Crippen molar-refractivity contribution in [3.8, 4) is 10.8 Å². The standard InChI is InChI=1S/C17H15N3O5S/c1-18-14(21)8-19-15(22)9-24-17(23)12-7-6-11(25-12)16-20-10-4-2-3-5-13(10)26-16/h2-7H,8-9H2,1H3,(H,18,21)(H,19,22). The molecule has 0 atom stereocenters. The molecule has 2 aromatic heterocycles. The van der Waals surface area contributed by atoms with Crippen molar-refractivity contribution in [3.05, 3.63) is 42.2 Å². The lowest BCUT2D eigenvalue weighted by atomic mass is 10.3. The van der Waals surface area contributed by atoms with Gasteiger partial charge in [-0.25, -0.2) is 9.78 Å². The highest BCUT2D eigenvalue weighted by Crippen LogP contribution is 2.31. The molecule has 0 aliphatic rings. The van der Waals surface area contributed by atoms with E-state index in [1.807, 2.05) is 24.3 Å². The van der Waals surface area contributed by atoms with E-state index in [4.69, 9.17) is 9.15 Å². The summed E-state index contributed by atoms with van der Waals surface area (Å²) in [6.07, 6.45) is 0. The van der Waals surface area contributed by atoms with Gasteiger partial charge in [0.1, 0.15) is 0 Å². The number of aromatic nitrogens is 1. The maximum atomic E-state index is 12.0. The summed E-state index contributed by atoms with van der Waals surface area (Å²) in [6.45, 7) is -0.692. The summed E-state index contributed by atoms with van der Waals surface area (Å²) in [5.41, 5.74) is 0.848. The molecule has 0 aliphatic carbocycles. The summed E-state index contributed by atoms with van der Waals surface area (Å²) >= 11 is 1.45. The van der Waals surface area contributed by atoms with Crippen LogP contribution in [-0.2, 0) is 14.3 Å². The molecule has 0 radical (unpaired) electrons. The molecule has 0 saturated carbocycles. The van der Waals surface area contributed by atoms with Gasteiger partial charge in [0.2, 0.25) is 11.7 Å². The number of furan rings is 1. The summed E-state index contributed by atoms with van der Waals surface area (Å²) < 4.78 is 11.4. The fourth-order valence-electron chi connectivity index (χ4n) is 2.06. The molecule has 0 spiro atoms. The van der Waals surface area contributed by atoms with E-state index >= 15 is 0 Å². The summed E-state index contributed by atoms with van der Waals surface area (Å²) in [7, 11) is 1.45. The van der Waals surface area contributed by atoms with Crippen LogP contribution in [0.1, 0.15) is 10.6 Å². The molecule has 134 valence electrons. The number of fused-ring (bicyclic) bond motifs is 1. The van der Waals surface area contributed by atoms with E-state index in [9.17, 15) is 14.4 Å². The van der Waals surface area contributed by atoms with Crippen molar-refractivity contribution in [1.82, 2.24) is 15.6 Å². The number of para-hydroxylation sites is 1. The van der Waals surface area contributed by atoms with E-state index in [2.05, 4.69) is 15.6 Å². The van der Waals surface area contributed by atoms with Gasteiger partial charge in [0, 0.05) is 7.05 Å². The topological polar surface area (TPSA) is 111 Å². The van der Waals surface area contributed by atoms with Crippen molar-refractivity contribution in [2.45, 2.75) is 0 Å². The second-order valence-electron chi connectivity index (χ2n) is 5.18. The number of rotatable bonds is 6. The van der Waals surface area contributed by atoms with E-state index in [0.29, 0.717) is 10.8 Å². The van der Waals surface area contributed by atoms with Crippen LogP contribution in [0.5, 0.6) is 0 Å². The van der Waals surface area contributed by atoms with Gasteiger partial charge in [0.05, 0.1) is 16.8 Å². The van der Waals surface area contributed by atoms with E-state index < -0.39 is 18.5 Å². The molecule has 8 nitrogen and oxygen atoms in total. The Balaban J connectivity index is 1.59. The van der Waals surface area contributed by atoms with Gasteiger partial charge >= 0.3 is 5.97 Å². The van der Waals surface area contributed by atoms with E-state index in [-0.39, 0.29) is 18.2 Å². The molecular weight excluding hydrogens is 358 g/mol. The lowest BCUT2D eigenvalue weighted by molar-refractivity contribution is -0.127. The van der Waals surface area contributed by atoms with Crippen LogP contribution in [0.4, 0.5) is 0 Å². The third kappa shape index (κ3) is 4.06. The smallest absolute Gasteiger partial charge is 0.374 e. The Hall–Kier alpha value is -3.20. The summed E-state index contributed by atoms with van der Waals surface area (Å²) in [6, 6.07) is 10.7. The van der Waals surface area contributed by atoms with Gasteiger partial charge in [-0.1, -0.05) is 12.1 Å². The predicted octanol–water partition coefficient (Wildman–Crippen LogP) is 1.58. The van der Waals surface area contributed by atoms with Gasteiger partial charge in [0.15, 0.2) is 17.4 Å². The zero-order valence-corrected chi connectivity index (χ0v) is 14.6. The molecule has 3 rings (SSSR count). The van der Waals surface area contributed by atoms with Crippen LogP contribution in [0, 0.1) is 0 Å². The first-order chi connectivity index (χ1) is 12.6. The normalized spacial score (nSPS) is 10.5. The maximum Gasteiger partial charge on any atom is 0.374 e. The van der Waals surface area contributed by atoms with Crippen LogP contribution in [0.3, 0.4) is 0 Å². The number of likely N-dealkylation sites (N-methyl/N-ethyl adjacent to an activating group) is 1. The van der Waals surface area contributed by atoms with Crippen molar-refractivity contribution < 1.29 is 23.5 Å². The Kier molecular flexibility index (Phi) is 5.28. The number of thiazole rings is 1. The Bertz CT molecular complexity index is 929. The number of ether oxygens (including phenoxy) is 1. The van der Waals surface area contributed by atoms with Crippen molar-refractivity contribution in [2.75, 3.05) is 20.2 Å². The number of nitrogens with zero attached hydrogens (tertiary/aromatic N) is 1. The zero-order valence-electron chi connectivity index (χ0n) is 13.8. The number of nitrogens with one attached hydrogen (secondary N) is 2. The lowest BCUT2D eigenvalue weighted by Gasteiger charge is -2.04. The highest BCUT2D eigenvalue weighted by Gasteiger charge is 2.17. The van der Waals surface area contributed by atoms with Gasteiger partial charge in [-0.2, -0.15) is 0 Å². The van der Waals surface area contributed by atoms with Crippen LogP contribution >= 0.6 is 11.3 Å². The van der Waals surface area contributed by atoms with E-state index in [0.717, 1.165) is 10.2 Å². The molecule has 2 amide bonds. The largest absolute Gasteiger partial charge is 0.450 e. The van der Waals surface area contributed by atoms with Gasteiger partial charge < -0.3 is 19.8 Å². The first kappa shape index (κ1) is 17.6. The Morgan fingerprint density at radius 3 is 2.73 bits per heavy atom. The van der Waals surface area contributed by atoms with Crippen molar-refractivity contribution >= 4 is 39.3 Å². The summed E-state index contributed by atoms with van der Waals surface area (Å²) in [5, 5.41) is 5.32. The van der Waals surface area contributed by atoms with Crippen LogP contribution in [0.2, 0.25) is 0 Å². The molecular formula is C17H15N3O5S. The molecule has 3 aromatic rings. The van der Waals surface area contributed by atoms with E-state index in [1.165, 1.54) is 24.5 Å². The SMILES string of the molecule is CNC(=O)CNC(=O)COC(=O)c1ccc(-c2nc3ccccc3s2)o1. The molecule has 0 fully saturated rings. The monoisotopic (exact) mass is 373 g/mol. The van der Waals surface area contributed by atoms with Gasteiger partial charge in [-0.3, -0.25) is 9.59 Å². The van der Waals surface area contributed by atoms with Gasteiger partial charge in [-0.15, -0.1) is 11.3 Å². The number of benzene rings is 1. The Labute approximate surface area is 152 Å². The van der Waals surface area contributed by atoms with Crippen molar-refractivity contribution in [3.63, 3.8) is 0 Å². The highest BCUT2D eigenvalue weighted by atomic mass is 32.1. The fourth-order valence-corrected chi connectivity index (χ4v) is 2.99. The number of carbonyl (C=O) groups is 3. The number of carbonyl (C=O) groups excluding carboxylic acids is 3. The number of amides is 2. The Morgan fingerprint density at radius 2 is 1.96 bits per heavy atom. The van der Waals surface area contributed by atoms with Crippen LogP contribution in [-0.4, -0.2) is 43.0 Å². The Morgan fingerprint density at radius 1 is 1.15 bits per heavy atom. The molecule has 9 heteroatoms. The minimum atomic E-state index is -0.771. The second-order valence-corrected chi connectivity index (χ2v) is 6.21. The third-order valence-corrected chi connectivity index (χ3v) is 4.42. The van der Waals surface area contributed by atoms with Crippen LogP contribution < -0.4 is 10.6 Å². The number of hydrogen-bond donors (Lipinski definition) is 2. The first-order valence-corrected chi connectivity index (χ1v) is 8.48. The molecule has 26 heavy (non-hydrogen) atoms. The third-order valence-electron chi connectivity index (χ3n) is 3.37. The summed E-state index contributed by atoms with van der Waals surface area (Å²) in [4.78, 5) is 39.0. The quantitative estimate of drug-likeness (QED) is 0.635. The number of hydrogen-bond acceptors (Lipinski definition) is 7. The van der Waals surface area contributed by atoms with Gasteiger partial charge in [-0.05, 0) is 24.3 Å². The van der Waals surface area contributed by atoms with Crippen molar-refractivity contribution in [2.24, 2.45) is 0 Å². The van der Waals surface area contributed by atoms with Gasteiger partial charge in [0.25, 0.3) is 5.91 Å². The van der Waals surface area contributed by atoms with Crippen molar-refractivity contribution in [1.29, 1.82) is 0 Å². The average molecular weight is 373 g/mol. The molecule has 0 unspecified atom stereocenters. The molecule has 0 aliphatic heterocycles. The highest BCUT2D eigenvalue weighted by molar-refractivity contribution is 7.21. The molecule has 2 heterocycles. The average Bonchev–Trinajstić information content (AvgIpc) is 3.30. The molecule has 0 saturated heterocycles. The lowest BCUT2D eigenvalue weighted by Crippen LogP contribution is -2.37. The van der Waals surface area contributed by atoms with Crippen LogP contribution in [0.15, 0.2) is 40.8 Å². The molecule has 2 N–H and O–H groups in total. The predicted molar refractivity (Wildman–Crippen MR) is 94.7 cm³/mol. The minimum absolute atomic E-state index is 0.0293. The molecule has 1 aromatic carbocycles. The zero-order chi connectivity index (χ0) is 18.5. The van der Waals surface area contributed by atoms with Crippen LogP contribution in [0.25, 0.3) is 21.0 Å². The summed E-state index contributed by atoms with van der Waals surface area (Å²) in [5.74, 6) is -1.29. The minimum Gasteiger partial charge on any atom is -0.450 e. The number of esters is 1. The maximum absolute atomic E-state index is 12.0. The second kappa shape index (κ2) is 7.79.